The number of halogens is 1. The van der Waals surface area contributed by atoms with E-state index in [1.165, 1.54) is 0 Å². The van der Waals surface area contributed by atoms with Gasteiger partial charge in [-0.05, 0) is 43.5 Å². The lowest BCUT2D eigenvalue weighted by Gasteiger charge is -2.19. The van der Waals surface area contributed by atoms with Crippen LogP contribution in [0.3, 0.4) is 0 Å². The van der Waals surface area contributed by atoms with E-state index in [9.17, 15) is 10.1 Å². The Morgan fingerprint density at radius 2 is 2.06 bits per heavy atom. The van der Waals surface area contributed by atoms with Crippen LogP contribution < -0.4 is 5.32 Å². The van der Waals surface area contributed by atoms with Gasteiger partial charge in [0.15, 0.2) is 0 Å². The molecule has 94 valence electrons. The number of hydrogen-bond donors (Lipinski definition) is 1. The van der Waals surface area contributed by atoms with Crippen molar-refractivity contribution in [1.29, 1.82) is 5.26 Å². The number of aryl methyl sites for hydroxylation is 1. The highest BCUT2D eigenvalue weighted by molar-refractivity contribution is 9.10. The van der Waals surface area contributed by atoms with Crippen molar-refractivity contribution in [2.45, 2.75) is 32.6 Å². The number of nitrogens with zero attached hydrogens (tertiary/aromatic N) is 1. The van der Waals surface area contributed by atoms with Crippen molar-refractivity contribution >= 4 is 27.5 Å². The molecular weight excluding hydrogens is 292 g/mol. The molecule has 1 N–H and O–H groups in total. The Labute approximate surface area is 115 Å². The Morgan fingerprint density at radius 3 is 2.61 bits per heavy atom. The molecule has 0 aromatic heterocycles. The normalized spacial score (nSPS) is 17.2. The summed E-state index contributed by atoms with van der Waals surface area (Å²) in [5.74, 6) is -0.167. The van der Waals surface area contributed by atoms with Gasteiger partial charge in [0, 0.05) is 10.2 Å². The van der Waals surface area contributed by atoms with Crippen LogP contribution in [0.25, 0.3) is 0 Å². The van der Waals surface area contributed by atoms with Crippen LogP contribution in [0.5, 0.6) is 0 Å². The van der Waals surface area contributed by atoms with Crippen LogP contribution >= 0.6 is 15.9 Å². The average Bonchev–Trinajstić information content (AvgIpc) is 2.77. The van der Waals surface area contributed by atoms with E-state index in [0.717, 1.165) is 28.6 Å². The maximum atomic E-state index is 12.2. The maximum Gasteiger partial charge on any atom is 0.244 e. The first-order valence-electron chi connectivity index (χ1n) is 6.06. The number of anilines is 1. The Hall–Kier alpha value is -1.34. The average molecular weight is 307 g/mol. The fourth-order valence-corrected chi connectivity index (χ4v) is 3.04. The number of carbonyl (C=O) groups is 1. The predicted octanol–water partition coefficient (Wildman–Crippen LogP) is 3.78. The molecule has 1 fully saturated rings. The molecule has 4 heteroatoms. The van der Waals surface area contributed by atoms with Crippen LogP contribution in [-0.4, -0.2) is 5.91 Å². The molecule has 0 bridgehead atoms. The van der Waals surface area contributed by atoms with Crippen molar-refractivity contribution in [3.05, 3.63) is 28.2 Å². The first-order chi connectivity index (χ1) is 8.55. The quantitative estimate of drug-likeness (QED) is 0.904. The van der Waals surface area contributed by atoms with Crippen molar-refractivity contribution in [1.82, 2.24) is 0 Å². The molecule has 0 atom stereocenters. The third kappa shape index (κ3) is 2.56. The van der Waals surface area contributed by atoms with Crippen molar-refractivity contribution < 1.29 is 4.79 Å². The predicted molar refractivity (Wildman–Crippen MR) is 74.0 cm³/mol. The second-order valence-corrected chi connectivity index (χ2v) is 5.79. The summed E-state index contributed by atoms with van der Waals surface area (Å²) < 4.78 is 0.926. The van der Waals surface area contributed by atoms with E-state index in [1.807, 2.05) is 25.1 Å². The van der Waals surface area contributed by atoms with Crippen LogP contribution in [0.2, 0.25) is 0 Å². The zero-order valence-corrected chi connectivity index (χ0v) is 11.9. The van der Waals surface area contributed by atoms with E-state index < -0.39 is 5.41 Å². The first kappa shape index (κ1) is 13.1. The lowest BCUT2D eigenvalue weighted by Crippen LogP contribution is -2.32. The SMILES string of the molecule is Cc1cc(Br)cc(NC(=O)C2(C#N)CCCC2)c1. The molecule has 0 aliphatic heterocycles. The molecule has 0 radical (unpaired) electrons. The van der Waals surface area contributed by atoms with Gasteiger partial charge < -0.3 is 5.32 Å². The number of benzene rings is 1. The van der Waals surface area contributed by atoms with E-state index in [4.69, 9.17) is 0 Å². The van der Waals surface area contributed by atoms with Crippen molar-refractivity contribution in [2.24, 2.45) is 5.41 Å². The van der Waals surface area contributed by atoms with Gasteiger partial charge >= 0.3 is 0 Å². The fourth-order valence-electron chi connectivity index (χ4n) is 2.43. The third-order valence-electron chi connectivity index (χ3n) is 3.41. The molecule has 0 saturated heterocycles. The second-order valence-electron chi connectivity index (χ2n) is 4.87. The molecule has 1 saturated carbocycles. The molecule has 1 aromatic rings. The number of amides is 1. The van der Waals surface area contributed by atoms with E-state index in [-0.39, 0.29) is 5.91 Å². The minimum absolute atomic E-state index is 0.167. The largest absolute Gasteiger partial charge is 0.325 e. The molecule has 1 amide bonds. The van der Waals surface area contributed by atoms with Gasteiger partial charge in [0.25, 0.3) is 0 Å². The fraction of sp³-hybridized carbons (Fsp3) is 0.429. The summed E-state index contributed by atoms with van der Waals surface area (Å²) >= 11 is 3.40. The molecule has 1 aliphatic rings. The van der Waals surface area contributed by atoms with Crippen LogP contribution in [0, 0.1) is 23.7 Å². The molecule has 1 aliphatic carbocycles. The second kappa shape index (κ2) is 5.11. The topological polar surface area (TPSA) is 52.9 Å². The maximum absolute atomic E-state index is 12.2. The highest BCUT2D eigenvalue weighted by atomic mass is 79.9. The van der Waals surface area contributed by atoms with E-state index in [1.54, 1.807) is 0 Å². The molecule has 0 heterocycles. The highest BCUT2D eigenvalue weighted by Crippen LogP contribution is 2.38. The third-order valence-corrected chi connectivity index (χ3v) is 3.86. The summed E-state index contributed by atoms with van der Waals surface area (Å²) in [5.41, 5.74) is 0.987. The zero-order valence-electron chi connectivity index (χ0n) is 10.3. The van der Waals surface area contributed by atoms with Gasteiger partial charge in [0.05, 0.1) is 6.07 Å². The number of nitrogens with one attached hydrogen (secondary N) is 1. The molecule has 1 aromatic carbocycles. The smallest absolute Gasteiger partial charge is 0.244 e. The van der Waals surface area contributed by atoms with E-state index in [0.29, 0.717) is 12.8 Å². The molecular formula is C14H15BrN2O. The van der Waals surface area contributed by atoms with Gasteiger partial charge in [0.2, 0.25) is 5.91 Å². The zero-order chi connectivity index (χ0) is 13.2. The minimum atomic E-state index is -0.823. The van der Waals surface area contributed by atoms with Gasteiger partial charge in [0.1, 0.15) is 5.41 Å². The lowest BCUT2D eigenvalue weighted by molar-refractivity contribution is -0.122. The summed E-state index contributed by atoms with van der Waals surface area (Å²) in [6, 6.07) is 7.94. The van der Waals surface area contributed by atoms with Crippen LogP contribution in [0.1, 0.15) is 31.2 Å². The molecule has 0 unspecified atom stereocenters. The molecule has 2 rings (SSSR count). The standard InChI is InChI=1S/C14H15BrN2O/c1-10-6-11(15)8-12(7-10)17-13(18)14(9-16)4-2-3-5-14/h6-8H,2-5H2,1H3,(H,17,18). The lowest BCUT2D eigenvalue weighted by atomic mass is 9.87. The minimum Gasteiger partial charge on any atom is -0.325 e. The van der Waals surface area contributed by atoms with Crippen molar-refractivity contribution in [2.75, 3.05) is 5.32 Å². The molecule has 0 spiro atoms. The van der Waals surface area contributed by atoms with Gasteiger partial charge in [-0.15, -0.1) is 0 Å². The summed E-state index contributed by atoms with van der Waals surface area (Å²) in [5, 5.41) is 12.1. The Bertz CT molecular complexity index is 493. The van der Waals surface area contributed by atoms with Crippen molar-refractivity contribution in [3.63, 3.8) is 0 Å². The molecule has 3 nitrogen and oxygen atoms in total. The number of hydrogen-bond acceptors (Lipinski definition) is 2. The summed E-state index contributed by atoms with van der Waals surface area (Å²) in [6.45, 7) is 1.97. The van der Waals surface area contributed by atoms with Crippen LogP contribution in [0.4, 0.5) is 5.69 Å². The first-order valence-corrected chi connectivity index (χ1v) is 6.85. The van der Waals surface area contributed by atoms with Crippen LogP contribution in [-0.2, 0) is 4.79 Å². The Kier molecular flexibility index (Phi) is 3.72. The number of rotatable bonds is 2. The number of carbonyl (C=O) groups excluding carboxylic acids is 1. The Balaban J connectivity index is 2.18. The number of nitriles is 1. The summed E-state index contributed by atoms with van der Waals surface area (Å²) in [7, 11) is 0. The highest BCUT2D eigenvalue weighted by Gasteiger charge is 2.41. The van der Waals surface area contributed by atoms with Gasteiger partial charge in [-0.2, -0.15) is 5.26 Å². The summed E-state index contributed by atoms with van der Waals surface area (Å²) in [4.78, 5) is 12.2. The van der Waals surface area contributed by atoms with Crippen LogP contribution in [0.15, 0.2) is 22.7 Å². The van der Waals surface area contributed by atoms with E-state index in [2.05, 4.69) is 27.3 Å². The van der Waals surface area contributed by atoms with Crippen molar-refractivity contribution in [3.8, 4) is 6.07 Å². The van der Waals surface area contributed by atoms with Gasteiger partial charge in [-0.25, -0.2) is 0 Å². The van der Waals surface area contributed by atoms with Gasteiger partial charge in [-0.3, -0.25) is 4.79 Å². The Morgan fingerprint density at radius 1 is 1.39 bits per heavy atom. The summed E-state index contributed by atoms with van der Waals surface area (Å²) in [6.07, 6.45) is 3.25. The molecule has 18 heavy (non-hydrogen) atoms. The monoisotopic (exact) mass is 306 g/mol. The van der Waals surface area contributed by atoms with Gasteiger partial charge in [-0.1, -0.05) is 28.8 Å². The van der Waals surface area contributed by atoms with E-state index >= 15 is 0 Å².